The Bertz CT molecular complexity index is 379. The maximum Gasteiger partial charge on any atom is 0.241 e. The molecular formula is C12H17FN2O. The number of halogens is 1. The third kappa shape index (κ3) is 3.31. The Hall–Kier alpha value is -1.42. The summed E-state index contributed by atoms with van der Waals surface area (Å²) in [4.78, 5) is 11.6. The van der Waals surface area contributed by atoms with E-state index in [-0.39, 0.29) is 11.7 Å². The van der Waals surface area contributed by atoms with Gasteiger partial charge in [0.15, 0.2) is 0 Å². The Morgan fingerprint density at radius 3 is 2.88 bits per heavy atom. The number of benzene rings is 1. The molecule has 1 aromatic rings. The molecule has 0 saturated heterocycles. The summed E-state index contributed by atoms with van der Waals surface area (Å²) in [6.45, 7) is 3.76. The molecular weight excluding hydrogens is 207 g/mol. The van der Waals surface area contributed by atoms with E-state index in [0.29, 0.717) is 12.1 Å². The van der Waals surface area contributed by atoms with Gasteiger partial charge >= 0.3 is 0 Å². The van der Waals surface area contributed by atoms with Crippen molar-refractivity contribution in [1.82, 2.24) is 0 Å². The second-order valence-corrected chi connectivity index (χ2v) is 3.84. The van der Waals surface area contributed by atoms with E-state index >= 15 is 0 Å². The van der Waals surface area contributed by atoms with Crippen molar-refractivity contribution < 1.29 is 9.18 Å². The van der Waals surface area contributed by atoms with Crippen LogP contribution in [0.1, 0.15) is 25.3 Å². The van der Waals surface area contributed by atoms with E-state index in [4.69, 9.17) is 5.73 Å². The van der Waals surface area contributed by atoms with Gasteiger partial charge in [-0.05, 0) is 31.0 Å². The number of carbonyl (C=O) groups excluding carboxylic acids is 1. The number of hydrogen-bond donors (Lipinski definition) is 2. The van der Waals surface area contributed by atoms with Crippen molar-refractivity contribution in [2.45, 2.75) is 32.7 Å². The number of nitrogens with one attached hydrogen (secondary N) is 1. The molecule has 3 N–H and O–H groups in total. The van der Waals surface area contributed by atoms with Crippen molar-refractivity contribution in [2.75, 3.05) is 5.32 Å². The summed E-state index contributed by atoms with van der Waals surface area (Å²) in [5, 5.41) is 2.63. The number of amides is 1. The lowest BCUT2D eigenvalue weighted by Gasteiger charge is -2.12. The summed E-state index contributed by atoms with van der Waals surface area (Å²) in [6.07, 6.45) is 1.47. The van der Waals surface area contributed by atoms with Gasteiger partial charge in [0.2, 0.25) is 5.91 Å². The Labute approximate surface area is 94.8 Å². The van der Waals surface area contributed by atoms with E-state index in [1.165, 1.54) is 12.1 Å². The molecule has 0 radical (unpaired) electrons. The van der Waals surface area contributed by atoms with Crippen LogP contribution in [0.5, 0.6) is 0 Å². The molecule has 0 saturated carbocycles. The fraction of sp³-hybridized carbons (Fsp3) is 0.417. The zero-order valence-corrected chi connectivity index (χ0v) is 9.59. The molecule has 1 amide bonds. The van der Waals surface area contributed by atoms with Crippen molar-refractivity contribution in [1.29, 1.82) is 0 Å². The smallest absolute Gasteiger partial charge is 0.241 e. The molecule has 0 unspecified atom stereocenters. The minimum Gasteiger partial charge on any atom is -0.324 e. The molecule has 1 aromatic carbocycles. The average molecular weight is 224 g/mol. The fourth-order valence-corrected chi connectivity index (χ4v) is 1.40. The van der Waals surface area contributed by atoms with Crippen LogP contribution in [0, 0.1) is 12.7 Å². The van der Waals surface area contributed by atoms with Crippen LogP contribution >= 0.6 is 0 Å². The number of aryl methyl sites for hydroxylation is 1. The Balaban J connectivity index is 2.72. The fourth-order valence-electron chi connectivity index (χ4n) is 1.40. The maximum absolute atomic E-state index is 13.0. The first-order valence-electron chi connectivity index (χ1n) is 5.37. The van der Waals surface area contributed by atoms with Crippen molar-refractivity contribution >= 4 is 11.6 Å². The van der Waals surface area contributed by atoms with Crippen LogP contribution in [0.3, 0.4) is 0 Å². The molecule has 0 aliphatic carbocycles. The lowest BCUT2D eigenvalue weighted by atomic mass is 10.1. The van der Waals surface area contributed by atoms with Gasteiger partial charge in [-0.2, -0.15) is 0 Å². The maximum atomic E-state index is 13.0. The molecule has 3 nitrogen and oxygen atoms in total. The average Bonchev–Trinajstić information content (AvgIpc) is 2.23. The van der Waals surface area contributed by atoms with Crippen LogP contribution in [0.2, 0.25) is 0 Å². The van der Waals surface area contributed by atoms with Gasteiger partial charge in [0.1, 0.15) is 5.82 Å². The Morgan fingerprint density at radius 2 is 2.25 bits per heavy atom. The van der Waals surface area contributed by atoms with Gasteiger partial charge in [0.05, 0.1) is 6.04 Å². The molecule has 0 aliphatic rings. The summed E-state index contributed by atoms with van der Waals surface area (Å²) in [5.74, 6) is -0.638. The molecule has 0 fully saturated rings. The highest BCUT2D eigenvalue weighted by Crippen LogP contribution is 2.16. The van der Waals surface area contributed by atoms with E-state index in [2.05, 4.69) is 5.32 Å². The van der Waals surface area contributed by atoms with E-state index in [1.807, 2.05) is 6.92 Å². The highest BCUT2D eigenvalue weighted by atomic mass is 19.1. The van der Waals surface area contributed by atoms with Gasteiger partial charge in [-0.25, -0.2) is 4.39 Å². The van der Waals surface area contributed by atoms with Crippen molar-refractivity contribution in [2.24, 2.45) is 5.73 Å². The minimum atomic E-state index is -0.535. The molecule has 0 aliphatic heterocycles. The zero-order chi connectivity index (χ0) is 12.1. The largest absolute Gasteiger partial charge is 0.324 e. The van der Waals surface area contributed by atoms with E-state index < -0.39 is 6.04 Å². The molecule has 16 heavy (non-hydrogen) atoms. The minimum absolute atomic E-state index is 0.268. The van der Waals surface area contributed by atoms with Gasteiger partial charge in [-0.3, -0.25) is 4.79 Å². The predicted molar refractivity (Wildman–Crippen MR) is 62.7 cm³/mol. The highest BCUT2D eigenvalue weighted by molar-refractivity contribution is 5.95. The summed E-state index contributed by atoms with van der Waals surface area (Å²) >= 11 is 0. The van der Waals surface area contributed by atoms with Crippen molar-refractivity contribution in [3.05, 3.63) is 29.6 Å². The van der Waals surface area contributed by atoms with Crippen LogP contribution in [-0.2, 0) is 4.79 Å². The van der Waals surface area contributed by atoms with Crippen LogP contribution in [0.25, 0.3) is 0 Å². The number of rotatable bonds is 4. The van der Waals surface area contributed by atoms with Crippen LogP contribution < -0.4 is 11.1 Å². The zero-order valence-electron chi connectivity index (χ0n) is 9.59. The van der Waals surface area contributed by atoms with Gasteiger partial charge in [-0.1, -0.05) is 19.4 Å². The highest BCUT2D eigenvalue weighted by Gasteiger charge is 2.13. The second-order valence-electron chi connectivity index (χ2n) is 3.84. The second kappa shape index (κ2) is 5.61. The SMILES string of the molecule is CCC[C@@H](N)C(=O)Nc1cc(F)ccc1C. The molecule has 1 atom stereocenters. The summed E-state index contributed by atoms with van der Waals surface area (Å²) in [6, 6.07) is 3.74. The third-order valence-corrected chi connectivity index (χ3v) is 2.39. The van der Waals surface area contributed by atoms with Crippen LogP contribution in [-0.4, -0.2) is 11.9 Å². The number of anilines is 1. The number of nitrogens with two attached hydrogens (primary N) is 1. The van der Waals surface area contributed by atoms with Crippen LogP contribution in [0.15, 0.2) is 18.2 Å². The normalized spacial score (nSPS) is 12.2. The summed E-state index contributed by atoms with van der Waals surface area (Å²) in [7, 11) is 0. The molecule has 4 heteroatoms. The van der Waals surface area contributed by atoms with Gasteiger partial charge in [0.25, 0.3) is 0 Å². The van der Waals surface area contributed by atoms with Gasteiger partial charge in [0, 0.05) is 5.69 Å². The lowest BCUT2D eigenvalue weighted by Crippen LogP contribution is -2.35. The molecule has 0 heterocycles. The van der Waals surface area contributed by atoms with Crippen molar-refractivity contribution in [3.63, 3.8) is 0 Å². The van der Waals surface area contributed by atoms with Gasteiger partial charge in [-0.15, -0.1) is 0 Å². The number of hydrogen-bond acceptors (Lipinski definition) is 2. The summed E-state index contributed by atoms with van der Waals surface area (Å²) in [5.41, 5.74) is 6.96. The molecule has 0 aromatic heterocycles. The molecule has 88 valence electrons. The van der Waals surface area contributed by atoms with E-state index in [9.17, 15) is 9.18 Å². The first-order valence-corrected chi connectivity index (χ1v) is 5.37. The third-order valence-electron chi connectivity index (χ3n) is 2.39. The van der Waals surface area contributed by atoms with E-state index in [0.717, 1.165) is 12.0 Å². The topological polar surface area (TPSA) is 55.1 Å². The van der Waals surface area contributed by atoms with Gasteiger partial charge < -0.3 is 11.1 Å². The predicted octanol–water partition coefficient (Wildman–Crippen LogP) is 2.20. The summed E-state index contributed by atoms with van der Waals surface area (Å²) < 4.78 is 13.0. The lowest BCUT2D eigenvalue weighted by molar-refractivity contribution is -0.117. The van der Waals surface area contributed by atoms with Crippen molar-refractivity contribution in [3.8, 4) is 0 Å². The van der Waals surface area contributed by atoms with E-state index in [1.54, 1.807) is 13.0 Å². The molecule has 1 rings (SSSR count). The number of carbonyl (C=O) groups is 1. The Kier molecular flexibility index (Phi) is 4.43. The van der Waals surface area contributed by atoms with Crippen LogP contribution in [0.4, 0.5) is 10.1 Å². The Morgan fingerprint density at radius 1 is 1.56 bits per heavy atom. The molecule has 0 bridgehead atoms. The first kappa shape index (κ1) is 12.6. The quantitative estimate of drug-likeness (QED) is 0.823. The molecule has 0 spiro atoms. The monoisotopic (exact) mass is 224 g/mol. The first-order chi connectivity index (χ1) is 7.54. The standard InChI is InChI=1S/C12H17FN2O/c1-3-4-10(14)12(16)15-11-7-9(13)6-5-8(11)2/h5-7,10H,3-4,14H2,1-2H3,(H,15,16)/t10-/m1/s1.